The molecule has 7 nitrogen and oxygen atoms in total. The number of sulfonamides is 1. The van der Waals surface area contributed by atoms with E-state index in [2.05, 4.69) is 0 Å². The third-order valence-corrected chi connectivity index (χ3v) is 7.25. The Balaban J connectivity index is 1.68. The Hall–Kier alpha value is -1.84. The molecule has 10 heteroatoms. The first-order chi connectivity index (χ1) is 14.3. The van der Waals surface area contributed by atoms with Gasteiger partial charge in [-0.15, -0.1) is 0 Å². The van der Waals surface area contributed by atoms with Gasteiger partial charge in [-0.1, -0.05) is 23.2 Å². The standard InChI is InChI=1S/C20H22Cl2N2O5S/c1-23(8-13-29-17-5-3-16(21)4-6-17)20(25)15-2-7-18(22)19(14-15)30(26,27)24-9-11-28-12-10-24/h2-7,14H,8-13H2,1H3. The van der Waals surface area contributed by atoms with Gasteiger partial charge in [0.15, 0.2) is 0 Å². The van der Waals surface area contributed by atoms with E-state index in [9.17, 15) is 13.2 Å². The first kappa shape index (κ1) is 22.8. The molecule has 1 aliphatic heterocycles. The van der Waals surface area contributed by atoms with E-state index in [4.69, 9.17) is 32.7 Å². The summed E-state index contributed by atoms with van der Waals surface area (Å²) in [5.41, 5.74) is 0.236. The van der Waals surface area contributed by atoms with Crippen LogP contribution in [0.5, 0.6) is 5.75 Å². The van der Waals surface area contributed by atoms with Crippen LogP contribution in [-0.4, -0.2) is 70.0 Å². The highest BCUT2D eigenvalue weighted by molar-refractivity contribution is 7.89. The van der Waals surface area contributed by atoms with Crippen LogP contribution in [0.1, 0.15) is 10.4 Å². The summed E-state index contributed by atoms with van der Waals surface area (Å²) < 4.78 is 38.0. The molecule has 2 aromatic carbocycles. The van der Waals surface area contributed by atoms with Crippen molar-refractivity contribution in [1.82, 2.24) is 9.21 Å². The number of carbonyl (C=O) groups excluding carboxylic acids is 1. The number of hydrogen-bond donors (Lipinski definition) is 0. The average molecular weight is 473 g/mol. The highest BCUT2D eigenvalue weighted by Crippen LogP contribution is 2.27. The van der Waals surface area contributed by atoms with Gasteiger partial charge < -0.3 is 14.4 Å². The van der Waals surface area contributed by atoms with Gasteiger partial charge >= 0.3 is 0 Å². The van der Waals surface area contributed by atoms with Crippen LogP contribution in [0, 0.1) is 0 Å². The van der Waals surface area contributed by atoms with E-state index in [-0.39, 0.29) is 41.1 Å². The molecule has 0 bridgehead atoms. The van der Waals surface area contributed by atoms with Crippen molar-refractivity contribution in [2.75, 3.05) is 46.5 Å². The molecule has 2 aromatic rings. The second-order valence-electron chi connectivity index (χ2n) is 6.69. The maximum absolute atomic E-state index is 12.9. The molecule has 0 aromatic heterocycles. The van der Waals surface area contributed by atoms with Gasteiger partial charge in [-0.05, 0) is 42.5 Å². The molecule has 1 amide bonds. The van der Waals surface area contributed by atoms with E-state index in [1.54, 1.807) is 31.3 Å². The number of hydrogen-bond acceptors (Lipinski definition) is 5. The number of ether oxygens (including phenoxy) is 2. The minimum absolute atomic E-state index is 0.0757. The minimum atomic E-state index is -3.82. The van der Waals surface area contributed by atoms with E-state index in [1.807, 2.05) is 0 Å². The molecule has 0 unspecified atom stereocenters. The van der Waals surface area contributed by atoms with Crippen molar-refractivity contribution in [2.45, 2.75) is 4.90 Å². The molecule has 0 atom stereocenters. The molecule has 0 saturated carbocycles. The topological polar surface area (TPSA) is 76.2 Å². The van der Waals surface area contributed by atoms with Gasteiger partial charge in [-0.25, -0.2) is 8.42 Å². The number of rotatable bonds is 7. The van der Waals surface area contributed by atoms with Gasteiger partial charge in [0.1, 0.15) is 17.3 Å². The fraction of sp³-hybridized carbons (Fsp3) is 0.350. The first-order valence-electron chi connectivity index (χ1n) is 9.30. The Labute approximate surface area is 186 Å². The Morgan fingerprint density at radius 2 is 1.80 bits per heavy atom. The molecule has 3 rings (SSSR count). The van der Waals surface area contributed by atoms with Crippen LogP contribution in [0.4, 0.5) is 0 Å². The van der Waals surface area contributed by atoms with Gasteiger partial charge in [0.25, 0.3) is 5.91 Å². The van der Waals surface area contributed by atoms with Gasteiger partial charge in [-0.3, -0.25) is 4.79 Å². The first-order valence-corrected chi connectivity index (χ1v) is 11.5. The number of morpholine rings is 1. The summed E-state index contributed by atoms with van der Waals surface area (Å²) >= 11 is 12.0. The zero-order chi connectivity index (χ0) is 21.7. The average Bonchev–Trinajstić information content (AvgIpc) is 2.75. The molecule has 1 aliphatic rings. The Bertz CT molecular complexity index is 993. The third-order valence-electron chi connectivity index (χ3n) is 4.62. The highest BCUT2D eigenvalue weighted by Gasteiger charge is 2.29. The van der Waals surface area contributed by atoms with Crippen LogP contribution >= 0.6 is 23.2 Å². The zero-order valence-corrected chi connectivity index (χ0v) is 18.7. The number of amides is 1. The second kappa shape index (κ2) is 9.98. The Morgan fingerprint density at radius 1 is 1.13 bits per heavy atom. The van der Waals surface area contributed by atoms with Gasteiger partial charge in [-0.2, -0.15) is 4.31 Å². The molecule has 1 heterocycles. The van der Waals surface area contributed by atoms with Gasteiger partial charge in [0.2, 0.25) is 10.0 Å². The summed E-state index contributed by atoms with van der Waals surface area (Å²) in [6.45, 7) is 1.74. The fourth-order valence-electron chi connectivity index (χ4n) is 2.91. The molecule has 30 heavy (non-hydrogen) atoms. The lowest BCUT2D eigenvalue weighted by Gasteiger charge is -2.26. The lowest BCUT2D eigenvalue weighted by Crippen LogP contribution is -2.40. The lowest BCUT2D eigenvalue weighted by atomic mass is 10.2. The Morgan fingerprint density at radius 3 is 2.47 bits per heavy atom. The summed E-state index contributed by atoms with van der Waals surface area (Å²) in [5, 5.41) is 0.687. The quantitative estimate of drug-likeness (QED) is 0.618. The summed E-state index contributed by atoms with van der Waals surface area (Å²) in [7, 11) is -2.19. The predicted molar refractivity (Wildman–Crippen MR) is 115 cm³/mol. The van der Waals surface area contributed by atoms with Gasteiger partial charge in [0.05, 0.1) is 24.8 Å². The summed E-state index contributed by atoms with van der Waals surface area (Å²) in [5.74, 6) is 0.315. The van der Waals surface area contributed by atoms with Crippen molar-refractivity contribution < 1.29 is 22.7 Å². The molecule has 0 spiro atoms. The number of halogens is 2. The van der Waals surface area contributed by atoms with Crippen LogP contribution in [-0.2, 0) is 14.8 Å². The molecule has 0 aliphatic carbocycles. The Kier molecular flexibility index (Phi) is 7.60. The minimum Gasteiger partial charge on any atom is -0.492 e. The molecular weight excluding hydrogens is 451 g/mol. The van der Waals surface area contributed by atoms with E-state index in [1.165, 1.54) is 27.4 Å². The summed E-state index contributed by atoms with van der Waals surface area (Å²) in [6.07, 6.45) is 0. The van der Waals surface area contributed by atoms with E-state index >= 15 is 0 Å². The van der Waals surface area contributed by atoms with E-state index < -0.39 is 10.0 Å². The van der Waals surface area contributed by atoms with Crippen molar-refractivity contribution in [3.05, 3.63) is 58.1 Å². The number of likely N-dealkylation sites (N-methyl/N-ethyl adjacent to an activating group) is 1. The molecule has 1 fully saturated rings. The van der Waals surface area contributed by atoms with Crippen molar-refractivity contribution in [3.8, 4) is 5.75 Å². The van der Waals surface area contributed by atoms with E-state index in [0.717, 1.165) is 0 Å². The van der Waals surface area contributed by atoms with Crippen LogP contribution < -0.4 is 4.74 Å². The molecule has 0 N–H and O–H groups in total. The van der Waals surface area contributed by atoms with Crippen molar-refractivity contribution >= 4 is 39.1 Å². The second-order valence-corrected chi connectivity index (χ2v) is 9.44. The normalized spacial score (nSPS) is 15.0. The van der Waals surface area contributed by atoms with Crippen LogP contribution in [0.2, 0.25) is 10.0 Å². The van der Waals surface area contributed by atoms with Crippen LogP contribution in [0.25, 0.3) is 0 Å². The maximum Gasteiger partial charge on any atom is 0.253 e. The SMILES string of the molecule is CN(CCOc1ccc(Cl)cc1)C(=O)c1ccc(Cl)c(S(=O)(=O)N2CCOCC2)c1. The predicted octanol–water partition coefficient (Wildman–Crippen LogP) is 3.17. The zero-order valence-electron chi connectivity index (χ0n) is 16.4. The summed E-state index contributed by atoms with van der Waals surface area (Å²) in [6, 6.07) is 11.2. The van der Waals surface area contributed by atoms with Crippen LogP contribution in [0.3, 0.4) is 0 Å². The third kappa shape index (κ3) is 5.44. The maximum atomic E-state index is 12.9. The lowest BCUT2D eigenvalue weighted by molar-refractivity contribution is 0.0730. The van der Waals surface area contributed by atoms with Crippen molar-refractivity contribution in [2.24, 2.45) is 0 Å². The molecule has 162 valence electrons. The fourth-order valence-corrected chi connectivity index (χ4v) is 4.95. The number of benzene rings is 2. The van der Waals surface area contributed by atoms with Crippen molar-refractivity contribution in [1.29, 1.82) is 0 Å². The molecular formula is C20H22Cl2N2O5S. The van der Waals surface area contributed by atoms with Gasteiger partial charge in [0, 0.05) is 30.7 Å². The number of nitrogens with zero attached hydrogens (tertiary/aromatic N) is 2. The largest absolute Gasteiger partial charge is 0.492 e. The summed E-state index contributed by atoms with van der Waals surface area (Å²) in [4.78, 5) is 14.2. The molecule has 1 saturated heterocycles. The number of carbonyl (C=O) groups is 1. The van der Waals surface area contributed by atoms with E-state index in [0.29, 0.717) is 30.5 Å². The van der Waals surface area contributed by atoms with Crippen LogP contribution in [0.15, 0.2) is 47.4 Å². The smallest absolute Gasteiger partial charge is 0.253 e. The van der Waals surface area contributed by atoms with Crippen molar-refractivity contribution in [3.63, 3.8) is 0 Å². The molecule has 0 radical (unpaired) electrons. The highest BCUT2D eigenvalue weighted by atomic mass is 35.5. The monoisotopic (exact) mass is 472 g/mol.